The van der Waals surface area contributed by atoms with Gasteiger partial charge in [0.25, 0.3) is 0 Å². The maximum Gasteiger partial charge on any atom is 0.143 e. The van der Waals surface area contributed by atoms with Crippen LogP contribution >= 0.6 is 11.6 Å². The predicted octanol–water partition coefficient (Wildman–Crippen LogP) is 4.52. The summed E-state index contributed by atoms with van der Waals surface area (Å²) in [4.78, 5) is 0. The number of hydrogen-bond acceptors (Lipinski definition) is 3. The van der Waals surface area contributed by atoms with Gasteiger partial charge in [0.2, 0.25) is 0 Å². The molecule has 0 bridgehead atoms. The summed E-state index contributed by atoms with van der Waals surface area (Å²) in [5.41, 5.74) is 1.67. The van der Waals surface area contributed by atoms with Crippen LogP contribution in [0.25, 0.3) is 5.76 Å². The third-order valence-electron chi connectivity index (χ3n) is 3.58. The number of fused-ring (bicyclic) bond motifs is 1. The van der Waals surface area contributed by atoms with Crippen molar-refractivity contribution in [3.8, 4) is 17.9 Å². The van der Waals surface area contributed by atoms with E-state index in [9.17, 15) is 10.5 Å². The molecule has 3 rings (SSSR count). The number of allylic oxidation sites excluding steroid dienone is 1. The zero-order valence-electron chi connectivity index (χ0n) is 11.5. The molecule has 0 radical (unpaired) electrons. The normalized spacial score (nSPS) is 16.0. The Hall–Kier alpha value is -2.75. The van der Waals surface area contributed by atoms with E-state index in [0.29, 0.717) is 16.5 Å². The van der Waals surface area contributed by atoms with E-state index < -0.39 is 5.92 Å². The number of halogens is 1. The van der Waals surface area contributed by atoms with Gasteiger partial charge >= 0.3 is 0 Å². The number of hydrogen-bond donors (Lipinski definition) is 0. The summed E-state index contributed by atoms with van der Waals surface area (Å²) in [7, 11) is 0. The van der Waals surface area contributed by atoms with E-state index in [-0.39, 0.29) is 5.92 Å². The van der Waals surface area contributed by atoms with Gasteiger partial charge in [-0.3, -0.25) is 0 Å². The van der Waals surface area contributed by atoms with Crippen molar-refractivity contribution in [1.29, 1.82) is 10.5 Å². The van der Waals surface area contributed by atoms with Gasteiger partial charge in [-0.2, -0.15) is 10.5 Å². The van der Waals surface area contributed by atoms with Crippen LogP contribution in [0.15, 0.2) is 54.6 Å². The number of nitriles is 2. The van der Waals surface area contributed by atoms with Crippen LogP contribution in [0.1, 0.15) is 17.0 Å². The van der Waals surface area contributed by atoms with Crippen LogP contribution in [0, 0.1) is 28.6 Å². The predicted molar refractivity (Wildman–Crippen MR) is 84.0 cm³/mol. The van der Waals surface area contributed by atoms with Crippen molar-refractivity contribution in [1.82, 2.24) is 0 Å². The van der Waals surface area contributed by atoms with Crippen LogP contribution in [-0.2, 0) is 0 Å². The third kappa shape index (κ3) is 2.55. The standard InChI is InChI=1S/C18H11ClN2O/c19-14-6-7-17-16(8-14)15(13(10-20)11-21)9-18(22-17)12-4-2-1-3-5-12/h1-9,13,15H. The Morgan fingerprint density at radius 1 is 1.05 bits per heavy atom. The zero-order chi connectivity index (χ0) is 15.5. The van der Waals surface area contributed by atoms with Crippen molar-refractivity contribution in [2.75, 3.05) is 0 Å². The minimum absolute atomic E-state index is 0.368. The lowest BCUT2D eigenvalue weighted by molar-refractivity contribution is 0.479. The van der Waals surface area contributed by atoms with Crippen LogP contribution in [-0.4, -0.2) is 0 Å². The van der Waals surface area contributed by atoms with Crippen LogP contribution < -0.4 is 4.74 Å². The van der Waals surface area contributed by atoms with Crippen molar-refractivity contribution >= 4 is 17.4 Å². The first-order valence-electron chi connectivity index (χ1n) is 6.76. The van der Waals surface area contributed by atoms with Gasteiger partial charge in [-0.15, -0.1) is 0 Å². The number of rotatable bonds is 2. The molecule has 106 valence electrons. The fraction of sp³-hybridized carbons (Fsp3) is 0.111. The molecule has 1 heterocycles. The molecule has 2 aromatic rings. The highest BCUT2D eigenvalue weighted by Crippen LogP contribution is 2.41. The van der Waals surface area contributed by atoms with Crippen molar-refractivity contribution in [2.24, 2.45) is 5.92 Å². The van der Waals surface area contributed by atoms with Crippen molar-refractivity contribution in [3.63, 3.8) is 0 Å². The molecule has 3 nitrogen and oxygen atoms in total. The summed E-state index contributed by atoms with van der Waals surface area (Å²) in [6, 6.07) is 19.0. The molecule has 1 unspecified atom stereocenters. The molecule has 22 heavy (non-hydrogen) atoms. The molecule has 4 heteroatoms. The number of benzene rings is 2. The van der Waals surface area contributed by atoms with Crippen molar-refractivity contribution in [2.45, 2.75) is 5.92 Å². The van der Waals surface area contributed by atoms with Gasteiger partial charge in [0.15, 0.2) is 0 Å². The molecule has 1 atom stereocenters. The Balaban J connectivity index is 2.12. The Labute approximate surface area is 133 Å². The summed E-state index contributed by atoms with van der Waals surface area (Å²) < 4.78 is 5.93. The second-order valence-electron chi connectivity index (χ2n) is 4.94. The van der Waals surface area contributed by atoms with Gasteiger partial charge in [0, 0.05) is 22.1 Å². The fourth-order valence-electron chi connectivity index (χ4n) is 2.50. The maximum absolute atomic E-state index is 9.25. The Bertz CT molecular complexity index is 801. The van der Waals surface area contributed by atoms with Gasteiger partial charge < -0.3 is 4.74 Å². The average Bonchev–Trinajstić information content (AvgIpc) is 2.57. The lowest BCUT2D eigenvalue weighted by atomic mass is 9.84. The smallest absolute Gasteiger partial charge is 0.143 e. The van der Waals surface area contributed by atoms with E-state index in [2.05, 4.69) is 0 Å². The Kier molecular flexibility index (Phi) is 3.83. The molecule has 1 aliphatic heterocycles. The lowest BCUT2D eigenvalue weighted by Crippen LogP contribution is -2.15. The fourth-order valence-corrected chi connectivity index (χ4v) is 2.68. The Morgan fingerprint density at radius 3 is 2.45 bits per heavy atom. The maximum atomic E-state index is 9.25. The van der Waals surface area contributed by atoms with Crippen LogP contribution in [0.2, 0.25) is 5.02 Å². The molecule has 0 saturated heterocycles. The monoisotopic (exact) mass is 306 g/mol. The molecule has 0 spiro atoms. The minimum Gasteiger partial charge on any atom is -0.457 e. The quantitative estimate of drug-likeness (QED) is 0.819. The van der Waals surface area contributed by atoms with E-state index in [1.165, 1.54) is 0 Å². The summed E-state index contributed by atoms with van der Waals surface area (Å²) in [6.07, 6.45) is 1.82. The lowest BCUT2D eigenvalue weighted by Gasteiger charge is -2.25. The van der Waals surface area contributed by atoms with E-state index in [4.69, 9.17) is 16.3 Å². The average molecular weight is 307 g/mol. The molecule has 0 fully saturated rings. The zero-order valence-corrected chi connectivity index (χ0v) is 12.3. The molecular weight excluding hydrogens is 296 g/mol. The van der Waals surface area contributed by atoms with Gasteiger partial charge in [0.05, 0.1) is 12.1 Å². The highest BCUT2D eigenvalue weighted by atomic mass is 35.5. The molecule has 0 saturated carbocycles. The van der Waals surface area contributed by atoms with E-state index in [1.54, 1.807) is 18.2 Å². The van der Waals surface area contributed by atoms with Crippen LogP contribution in [0.5, 0.6) is 5.75 Å². The molecule has 0 amide bonds. The largest absolute Gasteiger partial charge is 0.457 e. The van der Waals surface area contributed by atoms with Crippen LogP contribution in [0.3, 0.4) is 0 Å². The second-order valence-corrected chi connectivity index (χ2v) is 5.38. The molecule has 0 N–H and O–H groups in total. The first-order chi connectivity index (χ1) is 10.7. The summed E-state index contributed by atoms with van der Waals surface area (Å²) in [6.45, 7) is 0. The number of ether oxygens (including phenoxy) is 1. The molecule has 0 aliphatic carbocycles. The SMILES string of the molecule is N#CC(C#N)C1C=C(c2ccccc2)Oc2ccc(Cl)cc21. The van der Waals surface area contributed by atoms with E-state index >= 15 is 0 Å². The first kappa shape index (κ1) is 14.2. The highest BCUT2D eigenvalue weighted by molar-refractivity contribution is 6.30. The highest BCUT2D eigenvalue weighted by Gasteiger charge is 2.29. The van der Waals surface area contributed by atoms with E-state index in [1.807, 2.05) is 48.5 Å². The molecule has 1 aliphatic rings. The molecule has 2 aromatic carbocycles. The summed E-state index contributed by atoms with van der Waals surface area (Å²) in [5, 5.41) is 19.1. The van der Waals surface area contributed by atoms with Gasteiger partial charge in [-0.05, 0) is 24.3 Å². The van der Waals surface area contributed by atoms with Gasteiger partial charge in [0.1, 0.15) is 17.4 Å². The van der Waals surface area contributed by atoms with Gasteiger partial charge in [-0.1, -0.05) is 41.9 Å². The van der Waals surface area contributed by atoms with Gasteiger partial charge in [-0.25, -0.2) is 0 Å². The molecular formula is C18H11ClN2O. The van der Waals surface area contributed by atoms with Crippen molar-refractivity contribution < 1.29 is 4.74 Å². The second kappa shape index (κ2) is 5.93. The number of nitrogens with zero attached hydrogens (tertiary/aromatic N) is 2. The topological polar surface area (TPSA) is 56.8 Å². The molecule has 0 aromatic heterocycles. The summed E-state index contributed by atoms with van der Waals surface area (Å²) in [5.74, 6) is 0.120. The summed E-state index contributed by atoms with van der Waals surface area (Å²) >= 11 is 6.04. The minimum atomic E-state index is -0.792. The van der Waals surface area contributed by atoms with Crippen molar-refractivity contribution in [3.05, 3.63) is 70.8 Å². The van der Waals surface area contributed by atoms with Crippen LogP contribution in [0.4, 0.5) is 0 Å². The first-order valence-corrected chi connectivity index (χ1v) is 7.14. The van der Waals surface area contributed by atoms with E-state index in [0.717, 1.165) is 11.1 Å². The Morgan fingerprint density at radius 2 is 1.77 bits per heavy atom. The third-order valence-corrected chi connectivity index (χ3v) is 3.81.